The van der Waals surface area contributed by atoms with E-state index in [1.165, 1.54) is 0 Å². The number of hydrogen-bond acceptors (Lipinski definition) is 3. The van der Waals surface area contributed by atoms with E-state index in [0.717, 1.165) is 18.7 Å². The van der Waals surface area contributed by atoms with E-state index in [1.807, 2.05) is 17.0 Å². The van der Waals surface area contributed by atoms with Crippen LogP contribution < -0.4 is 4.90 Å². The summed E-state index contributed by atoms with van der Waals surface area (Å²) in [5, 5.41) is 0. The average Bonchev–Trinajstić information content (AvgIpc) is 2.39. The molecule has 1 aromatic carbocycles. The second kappa shape index (κ2) is 5.85. The fraction of sp³-hybridized carbons (Fsp3) is 0.500. The van der Waals surface area contributed by atoms with E-state index in [9.17, 15) is 9.18 Å². The molecule has 0 saturated carbocycles. The van der Waals surface area contributed by atoms with Gasteiger partial charge in [-0.1, -0.05) is 0 Å². The van der Waals surface area contributed by atoms with Crippen molar-refractivity contribution in [2.75, 3.05) is 24.6 Å². The molecule has 1 atom stereocenters. The number of hydrogen-bond donors (Lipinski definition) is 0. The Morgan fingerprint density at radius 3 is 2.78 bits per heavy atom. The van der Waals surface area contributed by atoms with Crippen molar-refractivity contribution in [2.24, 2.45) is 0 Å². The maximum absolute atomic E-state index is 13.3. The Hall–Kier alpha value is -1.58. The molecule has 4 heteroatoms. The molecule has 0 bridgehead atoms. The zero-order valence-electron chi connectivity index (χ0n) is 10.6. The highest BCUT2D eigenvalue weighted by molar-refractivity contribution is 5.89. The van der Waals surface area contributed by atoms with Crippen molar-refractivity contribution in [1.29, 1.82) is 0 Å². The maximum Gasteiger partial charge on any atom is 0.338 e. The number of carbonyl (C=O) groups is 1. The smallest absolute Gasteiger partial charge is 0.338 e. The predicted octanol–water partition coefficient (Wildman–Crippen LogP) is 2.80. The third-order valence-corrected chi connectivity index (χ3v) is 3.11. The van der Waals surface area contributed by atoms with Crippen LogP contribution in [0.25, 0.3) is 0 Å². The number of alkyl halides is 1. The number of halogens is 1. The molecule has 1 saturated heterocycles. The van der Waals surface area contributed by atoms with E-state index < -0.39 is 6.17 Å². The molecule has 1 aliphatic heterocycles. The molecule has 0 N–H and O–H groups in total. The molecule has 1 unspecified atom stereocenters. The lowest BCUT2D eigenvalue weighted by molar-refractivity contribution is 0.0526. The molecular weight excluding hydrogens is 233 g/mol. The van der Waals surface area contributed by atoms with Crippen LogP contribution in [0.15, 0.2) is 24.3 Å². The van der Waals surface area contributed by atoms with Crippen LogP contribution in [-0.4, -0.2) is 31.8 Å². The molecule has 1 aliphatic rings. The number of nitrogens with zero attached hydrogens (tertiary/aromatic N) is 1. The zero-order chi connectivity index (χ0) is 13.0. The number of anilines is 1. The van der Waals surface area contributed by atoms with E-state index in [0.29, 0.717) is 25.1 Å². The van der Waals surface area contributed by atoms with Crippen LogP contribution >= 0.6 is 0 Å². The molecule has 0 amide bonds. The van der Waals surface area contributed by atoms with Gasteiger partial charge in [0.1, 0.15) is 6.17 Å². The molecule has 0 aliphatic carbocycles. The Kier molecular flexibility index (Phi) is 4.18. The largest absolute Gasteiger partial charge is 0.462 e. The van der Waals surface area contributed by atoms with Gasteiger partial charge in [0.2, 0.25) is 0 Å². The molecule has 0 aromatic heterocycles. The molecule has 1 fully saturated rings. The van der Waals surface area contributed by atoms with Crippen LogP contribution in [0.3, 0.4) is 0 Å². The third-order valence-electron chi connectivity index (χ3n) is 3.11. The second-order valence-electron chi connectivity index (χ2n) is 4.45. The number of carbonyl (C=O) groups excluding carboxylic acids is 1. The van der Waals surface area contributed by atoms with Crippen molar-refractivity contribution in [3.63, 3.8) is 0 Å². The van der Waals surface area contributed by atoms with Gasteiger partial charge in [0.15, 0.2) is 0 Å². The highest BCUT2D eigenvalue weighted by Gasteiger charge is 2.19. The molecule has 0 radical (unpaired) electrons. The summed E-state index contributed by atoms with van der Waals surface area (Å²) < 4.78 is 18.2. The lowest BCUT2D eigenvalue weighted by Gasteiger charge is -2.31. The molecule has 2 rings (SSSR count). The van der Waals surface area contributed by atoms with E-state index in [4.69, 9.17) is 4.74 Å². The number of esters is 1. The van der Waals surface area contributed by atoms with Gasteiger partial charge < -0.3 is 9.64 Å². The standard InChI is InChI=1S/C14H18FNO2/c1-2-18-14(17)11-5-7-13(8-6-11)16-9-3-4-12(15)10-16/h5-8,12H,2-4,9-10H2,1H3. The monoisotopic (exact) mass is 251 g/mol. The van der Waals surface area contributed by atoms with Crippen LogP contribution in [-0.2, 0) is 4.74 Å². The molecule has 98 valence electrons. The second-order valence-corrected chi connectivity index (χ2v) is 4.45. The van der Waals surface area contributed by atoms with Crippen LogP contribution in [0, 0.1) is 0 Å². The highest BCUT2D eigenvalue weighted by atomic mass is 19.1. The van der Waals surface area contributed by atoms with E-state index in [2.05, 4.69) is 0 Å². The van der Waals surface area contributed by atoms with Crippen LogP contribution in [0.4, 0.5) is 10.1 Å². The van der Waals surface area contributed by atoms with E-state index >= 15 is 0 Å². The van der Waals surface area contributed by atoms with Gasteiger partial charge in [0.25, 0.3) is 0 Å². The molecule has 18 heavy (non-hydrogen) atoms. The molecule has 0 spiro atoms. The van der Waals surface area contributed by atoms with Gasteiger partial charge in [-0.15, -0.1) is 0 Å². The number of piperidine rings is 1. The first kappa shape index (κ1) is 12.9. The van der Waals surface area contributed by atoms with Gasteiger partial charge in [0, 0.05) is 18.8 Å². The fourth-order valence-electron chi connectivity index (χ4n) is 2.18. The van der Waals surface area contributed by atoms with Gasteiger partial charge in [-0.2, -0.15) is 0 Å². The summed E-state index contributed by atoms with van der Waals surface area (Å²) in [4.78, 5) is 13.5. The van der Waals surface area contributed by atoms with Gasteiger partial charge in [-0.25, -0.2) is 9.18 Å². The van der Waals surface area contributed by atoms with Gasteiger partial charge in [0.05, 0.1) is 12.2 Å². The Morgan fingerprint density at radius 1 is 1.44 bits per heavy atom. The van der Waals surface area contributed by atoms with Crippen molar-refractivity contribution in [2.45, 2.75) is 25.9 Å². The third kappa shape index (κ3) is 3.00. The number of ether oxygens (including phenoxy) is 1. The first-order valence-corrected chi connectivity index (χ1v) is 6.37. The highest BCUT2D eigenvalue weighted by Crippen LogP contribution is 2.21. The summed E-state index contributed by atoms with van der Waals surface area (Å²) in [5.74, 6) is -0.314. The molecule has 1 aromatic rings. The van der Waals surface area contributed by atoms with Gasteiger partial charge >= 0.3 is 5.97 Å². The summed E-state index contributed by atoms with van der Waals surface area (Å²) in [5.41, 5.74) is 1.50. The van der Waals surface area contributed by atoms with Gasteiger partial charge in [-0.05, 0) is 44.0 Å². The van der Waals surface area contributed by atoms with Crippen molar-refractivity contribution >= 4 is 11.7 Å². The summed E-state index contributed by atoms with van der Waals surface area (Å²) in [7, 11) is 0. The molecule has 1 heterocycles. The van der Waals surface area contributed by atoms with Crippen molar-refractivity contribution in [1.82, 2.24) is 0 Å². The minimum Gasteiger partial charge on any atom is -0.462 e. The van der Waals surface area contributed by atoms with Crippen molar-refractivity contribution in [3.8, 4) is 0 Å². The summed E-state index contributed by atoms with van der Waals surface area (Å²) in [6.07, 6.45) is 0.779. The molecular formula is C14H18FNO2. The topological polar surface area (TPSA) is 29.5 Å². The van der Waals surface area contributed by atoms with Crippen molar-refractivity contribution < 1.29 is 13.9 Å². The normalized spacial score (nSPS) is 19.7. The first-order valence-electron chi connectivity index (χ1n) is 6.37. The quantitative estimate of drug-likeness (QED) is 0.774. The molecule has 3 nitrogen and oxygen atoms in total. The summed E-state index contributed by atoms with van der Waals surface area (Å²) in [6, 6.07) is 7.17. The minimum atomic E-state index is -0.747. The number of rotatable bonds is 3. The Bertz CT molecular complexity index is 405. The van der Waals surface area contributed by atoms with Crippen LogP contribution in [0.2, 0.25) is 0 Å². The first-order chi connectivity index (χ1) is 8.70. The van der Waals surface area contributed by atoms with Crippen molar-refractivity contribution in [3.05, 3.63) is 29.8 Å². The average molecular weight is 251 g/mol. The predicted molar refractivity (Wildman–Crippen MR) is 68.7 cm³/mol. The Balaban J connectivity index is 2.05. The number of benzene rings is 1. The van der Waals surface area contributed by atoms with Crippen LogP contribution in [0.1, 0.15) is 30.1 Å². The maximum atomic E-state index is 13.3. The Morgan fingerprint density at radius 2 is 2.17 bits per heavy atom. The summed E-state index contributed by atoms with van der Waals surface area (Å²) >= 11 is 0. The SMILES string of the molecule is CCOC(=O)c1ccc(N2CCCC(F)C2)cc1. The summed E-state index contributed by atoms with van der Waals surface area (Å²) in [6.45, 7) is 3.47. The van der Waals surface area contributed by atoms with E-state index in [-0.39, 0.29) is 5.97 Å². The lowest BCUT2D eigenvalue weighted by Crippen LogP contribution is -2.36. The Labute approximate surface area is 107 Å². The minimum absolute atomic E-state index is 0.314. The van der Waals surface area contributed by atoms with E-state index in [1.54, 1.807) is 19.1 Å². The van der Waals surface area contributed by atoms with Crippen LogP contribution in [0.5, 0.6) is 0 Å². The van der Waals surface area contributed by atoms with Gasteiger partial charge in [-0.3, -0.25) is 0 Å². The lowest BCUT2D eigenvalue weighted by atomic mass is 10.1. The fourth-order valence-corrected chi connectivity index (χ4v) is 2.18. The zero-order valence-corrected chi connectivity index (χ0v) is 10.6.